The molecule has 0 radical (unpaired) electrons. The topological polar surface area (TPSA) is 26.0 Å². The van der Waals surface area contributed by atoms with E-state index >= 15 is 0 Å². The van der Waals surface area contributed by atoms with Gasteiger partial charge < -0.3 is 5.73 Å². The Kier molecular flexibility index (Phi) is 6.06. The van der Waals surface area contributed by atoms with Gasteiger partial charge >= 0.3 is 6.18 Å². The Morgan fingerprint density at radius 1 is 1.05 bits per heavy atom. The largest absolute Gasteiger partial charge is 0.389 e. The van der Waals surface area contributed by atoms with Crippen LogP contribution in [0.15, 0.2) is 30.3 Å². The summed E-state index contributed by atoms with van der Waals surface area (Å²) in [6.07, 6.45) is -2.68. The van der Waals surface area contributed by atoms with Crippen molar-refractivity contribution in [2.24, 2.45) is 5.73 Å². The molecule has 1 rings (SSSR count). The van der Waals surface area contributed by atoms with Crippen molar-refractivity contribution in [2.45, 2.75) is 63.6 Å². The predicted molar refractivity (Wildman–Crippen MR) is 76.6 cm³/mol. The minimum atomic E-state index is -4.09. The first-order chi connectivity index (χ1) is 9.35. The van der Waals surface area contributed by atoms with Crippen LogP contribution in [-0.2, 0) is 5.41 Å². The van der Waals surface area contributed by atoms with Crippen LogP contribution < -0.4 is 5.73 Å². The van der Waals surface area contributed by atoms with Crippen molar-refractivity contribution in [3.8, 4) is 0 Å². The summed E-state index contributed by atoms with van der Waals surface area (Å²) in [6, 6.07) is 9.65. The third-order valence-electron chi connectivity index (χ3n) is 4.30. The van der Waals surface area contributed by atoms with E-state index < -0.39 is 12.6 Å². The fourth-order valence-corrected chi connectivity index (χ4v) is 2.97. The predicted octanol–water partition coefficient (Wildman–Crippen LogP) is 4.80. The van der Waals surface area contributed by atoms with Crippen LogP contribution in [0.4, 0.5) is 13.2 Å². The quantitative estimate of drug-likeness (QED) is 0.765. The fourth-order valence-electron chi connectivity index (χ4n) is 2.97. The molecule has 0 heterocycles. The molecule has 4 heteroatoms. The van der Waals surface area contributed by atoms with Crippen molar-refractivity contribution < 1.29 is 13.2 Å². The highest BCUT2D eigenvalue weighted by atomic mass is 19.4. The number of benzene rings is 1. The average molecular weight is 287 g/mol. The molecule has 0 saturated carbocycles. The summed E-state index contributed by atoms with van der Waals surface area (Å²) in [5.41, 5.74) is 7.17. The molecule has 0 saturated heterocycles. The zero-order valence-corrected chi connectivity index (χ0v) is 12.2. The lowest BCUT2D eigenvalue weighted by Gasteiger charge is -2.38. The molecule has 0 aliphatic carbocycles. The first-order valence-corrected chi connectivity index (χ1v) is 7.23. The lowest BCUT2D eigenvalue weighted by molar-refractivity contribution is -0.136. The molecule has 2 N–H and O–H groups in total. The van der Waals surface area contributed by atoms with Crippen LogP contribution in [0.1, 0.15) is 51.5 Å². The van der Waals surface area contributed by atoms with Crippen LogP contribution in [0.25, 0.3) is 0 Å². The molecule has 1 aromatic rings. The minimum absolute atomic E-state index is 0.0965. The van der Waals surface area contributed by atoms with E-state index in [2.05, 4.69) is 13.8 Å². The van der Waals surface area contributed by atoms with E-state index in [1.165, 1.54) is 0 Å². The SMILES string of the molecule is CCC(CC)(c1ccccc1)C(N)CCCC(F)(F)F. The van der Waals surface area contributed by atoms with Crippen LogP contribution in [0.5, 0.6) is 0 Å². The summed E-state index contributed by atoms with van der Waals surface area (Å²) < 4.78 is 36.7. The summed E-state index contributed by atoms with van der Waals surface area (Å²) in [5, 5.41) is 0. The fraction of sp³-hybridized carbons (Fsp3) is 0.625. The molecule has 0 fully saturated rings. The van der Waals surface area contributed by atoms with Gasteiger partial charge in [-0.05, 0) is 31.2 Å². The smallest absolute Gasteiger partial charge is 0.327 e. The second-order valence-corrected chi connectivity index (χ2v) is 5.34. The normalized spacial score (nSPS) is 14.3. The van der Waals surface area contributed by atoms with Gasteiger partial charge in [-0.1, -0.05) is 44.2 Å². The molecule has 0 aromatic heterocycles. The van der Waals surface area contributed by atoms with E-state index in [4.69, 9.17) is 5.73 Å². The third-order valence-corrected chi connectivity index (χ3v) is 4.30. The van der Waals surface area contributed by atoms with Gasteiger partial charge in [0.1, 0.15) is 0 Å². The Labute approximate surface area is 119 Å². The molecule has 114 valence electrons. The van der Waals surface area contributed by atoms with E-state index in [1.54, 1.807) is 0 Å². The third kappa shape index (κ3) is 4.23. The van der Waals surface area contributed by atoms with Crippen molar-refractivity contribution in [3.63, 3.8) is 0 Å². The number of alkyl halides is 3. The van der Waals surface area contributed by atoms with Crippen LogP contribution in [0, 0.1) is 0 Å². The number of hydrogen-bond acceptors (Lipinski definition) is 1. The summed E-state index contributed by atoms with van der Waals surface area (Å²) in [6.45, 7) is 4.11. The Morgan fingerprint density at radius 2 is 1.60 bits per heavy atom. The highest BCUT2D eigenvalue weighted by molar-refractivity contribution is 5.27. The number of hydrogen-bond donors (Lipinski definition) is 1. The Hall–Kier alpha value is -1.03. The van der Waals surface area contributed by atoms with Crippen LogP contribution in [-0.4, -0.2) is 12.2 Å². The maximum absolute atomic E-state index is 12.2. The van der Waals surface area contributed by atoms with E-state index in [9.17, 15) is 13.2 Å². The average Bonchev–Trinajstić information content (AvgIpc) is 2.40. The van der Waals surface area contributed by atoms with E-state index in [-0.39, 0.29) is 17.9 Å². The van der Waals surface area contributed by atoms with Gasteiger partial charge in [0.05, 0.1) is 0 Å². The first-order valence-electron chi connectivity index (χ1n) is 7.23. The maximum Gasteiger partial charge on any atom is 0.389 e. The molecule has 1 aromatic carbocycles. The van der Waals surface area contributed by atoms with E-state index in [0.29, 0.717) is 6.42 Å². The monoisotopic (exact) mass is 287 g/mol. The van der Waals surface area contributed by atoms with Crippen molar-refractivity contribution in [2.75, 3.05) is 0 Å². The van der Waals surface area contributed by atoms with Crippen LogP contribution >= 0.6 is 0 Å². The summed E-state index contributed by atoms with van der Waals surface area (Å²) in [4.78, 5) is 0. The summed E-state index contributed by atoms with van der Waals surface area (Å²) >= 11 is 0. The van der Waals surface area contributed by atoms with Gasteiger partial charge in [0.25, 0.3) is 0 Å². The van der Waals surface area contributed by atoms with Crippen LogP contribution in [0.2, 0.25) is 0 Å². The molecule has 0 aliphatic rings. The molecule has 0 bridgehead atoms. The highest BCUT2D eigenvalue weighted by Gasteiger charge is 2.35. The molecule has 0 spiro atoms. The molecule has 0 aliphatic heterocycles. The number of halogens is 3. The van der Waals surface area contributed by atoms with Gasteiger partial charge in [0.2, 0.25) is 0 Å². The second-order valence-electron chi connectivity index (χ2n) is 5.34. The first kappa shape index (κ1) is 17.0. The summed E-state index contributed by atoms with van der Waals surface area (Å²) in [7, 11) is 0. The zero-order valence-electron chi connectivity index (χ0n) is 12.2. The minimum Gasteiger partial charge on any atom is -0.327 e. The highest BCUT2D eigenvalue weighted by Crippen LogP contribution is 2.36. The maximum atomic E-state index is 12.2. The van der Waals surface area contributed by atoms with Crippen molar-refractivity contribution in [1.29, 1.82) is 0 Å². The molecule has 1 nitrogen and oxygen atoms in total. The van der Waals surface area contributed by atoms with Gasteiger partial charge in [0, 0.05) is 17.9 Å². The Bertz CT molecular complexity index is 382. The van der Waals surface area contributed by atoms with Crippen LogP contribution in [0.3, 0.4) is 0 Å². The van der Waals surface area contributed by atoms with Gasteiger partial charge in [-0.2, -0.15) is 13.2 Å². The second kappa shape index (κ2) is 7.11. The molecule has 20 heavy (non-hydrogen) atoms. The molecule has 0 amide bonds. The number of nitrogens with two attached hydrogens (primary N) is 1. The van der Waals surface area contributed by atoms with Crippen molar-refractivity contribution in [1.82, 2.24) is 0 Å². The van der Waals surface area contributed by atoms with E-state index in [1.807, 2.05) is 30.3 Å². The summed E-state index contributed by atoms with van der Waals surface area (Å²) in [5.74, 6) is 0. The van der Waals surface area contributed by atoms with Crippen molar-refractivity contribution in [3.05, 3.63) is 35.9 Å². The molecular formula is C16H24F3N. The molecule has 1 unspecified atom stereocenters. The van der Waals surface area contributed by atoms with Gasteiger partial charge in [-0.3, -0.25) is 0 Å². The standard InChI is InChI=1S/C16H24F3N/c1-3-15(4-2,13-9-6-5-7-10-13)14(20)11-8-12-16(17,18)19/h5-7,9-10,14H,3-4,8,11-12,20H2,1-2H3. The van der Waals surface area contributed by atoms with Gasteiger partial charge in [-0.15, -0.1) is 0 Å². The Balaban J connectivity index is 2.80. The number of rotatable bonds is 7. The lowest BCUT2D eigenvalue weighted by atomic mass is 9.69. The van der Waals surface area contributed by atoms with Crippen molar-refractivity contribution >= 4 is 0 Å². The van der Waals surface area contributed by atoms with E-state index in [0.717, 1.165) is 18.4 Å². The molecule has 1 atom stereocenters. The van der Waals surface area contributed by atoms with Gasteiger partial charge in [0.15, 0.2) is 0 Å². The zero-order chi connectivity index (χ0) is 15.2. The lowest BCUT2D eigenvalue weighted by Crippen LogP contribution is -2.44. The Morgan fingerprint density at radius 3 is 2.05 bits per heavy atom. The molecular weight excluding hydrogens is 263 g/mol. The van der Waals surface area contributed by atoms with Gasteiger partial charge in [-0.25, -0.2) is 0 Å².